The molecule has 0 saturated carbocycles. The van der Waals surface area contributed by atoms with Crippen LogP contribution in [0.15, 0.2) is 43.0 Å². The molecule has 3 aromatic rings. The summed E-state index contributed by atoms with van der Waals surface area (Å²) in [6.45, 7) is 5.88. The number of aromatic nitrogens is 3. The fourth-order valence-corrected chi connectivity index (χ4v) is 2.46. The first-order valence-corrected chi connectivity index (χ1v) is 7.37. The molecule has 0 atom stereocenters. The largest absolute Gasteiger partial charge is 0.368 e. The Morgan fingerprint density at radius 3 is 2.50 bits per heavy atom. The fourth-order valence-electron chi connectivity index (χ4n) is 2.46. The summed E-state index contributed by atoms with van der Waals surface area (Å²) in [7, 11) is 0. The van der Waals surface area contributed by atoms with Gasteiger partial charge in [-0.15, -0.1) is 0 Å². The Morgan fingerprint density at radius 1 is 1.05 bits per heavy atom. The third-order valence-electron chi connectivity index (χ3n) is 3.56. The number of nitrogen functional groups attached to an aromatic ring is 1. The van der Waals surface area contributed by atoms with Crippen LogP contribution in [-0.2, 0) is 6.42 Å². The number of rotatable bonds is 4. The number of hydrogen-bond acceptors (Lipinski definition) is 4. The van der Waals surface area contributed by atoms with Crippen LogP contribution < -0.4 is 5.73 Å². The van der Waals surface area contributed by atoms with Crippen molar-refractivity contribution in [2.24, 2.45) is 0 Å². The number of pyridine rings is 1. The molecule has 2 heterocycles. The van der Waals surface area contributed by atoms with Crippen molar-refractivity contribution >= 4 is 23.1 Å². The SMILES string of the molecule is C=Cc1ccc(-c2ccc3nc(N)nc(CCC)c3n2)cc1. The second-order valence-electron chi connectivity index (χ2n) is 5.17. The van der Waals surface area contributed by atoms with E-state index >= 15 is 0 Å². The summed E-state index contributed by atoms with van der Waals surface area (Å²) >= 11 is 0. The van der Waals surface area contributed by atoms with Crippen molar-refractivity contribution in [1.82, 2.24) is 15.0 Å². The van der Waals surface area contributed by atoms with Crippen molar-refractivity contribution in [3.05, 3.63) is 54.2 Å². The van der Waals surface area contributed by atoms with Gasteiger partial charge in [-0.3, -0.25) is 0 Å². The van der Waals surface area contributed by atoms with Crippen LogP contribution in [0.25, 0.3) is 28.4 Å². The number of anilines is 1. The Hall–Kier alpha value is -2.75. The average molecular weight is 290 g/mol. The zero-order valence-corrected chi connectivity index (χ0v) is 12.6. The molecule has 3 rings (SSSR count). The predicted molar refractivity (Wildman–Crippen MR) is 91.3 cm³/mol. The van der Waals surface area contributed by atoms with Crippen LogP contribution in [-0.4, -0.2) is 15.0 Å². The maximum absolute atomic E-state index is 5.78. The maximum atomic E-state index is 5.78. The first kappa shape index (κ1) is 14.2. The highest BCUT2D eigenvalue weighted by atomic mass is 15.0. The summed E-state index contributed by atoms with van der Waals surface area (Å²) in [6, 6.07) is 12.1. The lowest BCUT2D eigenvalue weighted by Crippen LogP contribution is -2.02. The van der Waals surface area contributed by atoms with Crippen LogP contribution in [0.3, 0.4) is 0 Å². The average Bonchev–Trinajstić information content (AvgIpc) is 2.55. The van der Waals surface area contributed by atoms with Crippen LogP contribution >= 0.6 is 0 Å². The molecule has 0 aliphatic rings. The molecule has 1 aromatic carbocycles. The standard InChI is InChI=1S/C18H18N4/c1-3-5-15-17-16(22-18(19)21-15)11-10-14(20-17)13-8-6-12(4-2)7-9-13/h4,6-11H,2-3,5H2,1H3,(H2,19,21,22). The van der Waals surface area contributed by atoms with Crippen molar-refractivity contribution in [3.63, 3.8) is 0 Å². The molecule has 110 valence electrons. The number of aryl methyl sites for hydroxylation is 1. The lowest BCUT2D eigenvalue weighted by atomic mass is 10.1. The van der Waals surface area contributed by atoms with E-state index in [1.54, 1.807) is 0 Å². The van der Waals surface area contributed by atoms with Gasteiger partial charge in [-0.1, -0.05) is 50.3 Å². The van der Waals surface area contributed by atoms with Gasteiger partial charge in [0.2, 0.25) is 5.95 Å². The molecule has 4 heteroatoms. The fraction of sp³-hybridized carbons (Fsp3) is 0.167. The molecule has 0 fully saturated rings. The van der Waals surface area contributed by atoms with Crippen molar-refractivity contribution in [2.45, 2.75) is 19.8 Å². The van der Waals surface area contributed by atoms with E-state index in [1.807, 2.05) is 42.5 Å². The molecular formula is C18H18N4. The highest BCUT2D eigenvalue weighted by molar-refractivity contribution is 5.81. The third-order valence-corrected chi connectivity index (χ3v) is 3.56. The first-order chi connectivity index (χ1) is 10.7. The molecule has 0 bridgehead atoms. The molecule has 4 nitrogen and oxygen atoms in total. The van der Waals surface area contributed by atoms with Gasteiger partial charge in [0.1, 0.15) is 5.52 Å². The van der Waals surface area contributed by atoms with Crippen molar-refractivity contribution < 1.29 is 0 Å². The summed E-state index contributed by atoms with van der Waals surface area (Å²) in [5.74, 6) is 0.306. The van der Waals surface area contributed by atoms with Gasteiger partial charge in [-0.05, 0) is 24.1 Å². The van der Waals surface area contributed by atoms with Crippen LogP contribution in [0.1, 0.15) is 24.6 Å². The molecule has 2 aromatic heterocycles. The summed E-state index contributed by atoms with van der Waals surface area (Å²) in [5, 5.41) is 0. The third kappa shape index (κ3) is 2.68. The Balaban J connectivity index is 2.13. The molecule has 0 spiro atoms. The number of nitrogens with two attached hydrogens (primary N) is 1. The number of fused-ring (bicyclic) bond motifs is 1. The zero-order valence-electron chi connectivity index (χ0n) is 12.6. The van der Waals surface area contributed by atoms with Crippen molar-refractivity contribution in [2.75, 3.05) is 5.73 Å². The zero-order chi connectivity index (χ0) is 15.5. The molecule has 0 aliphatic heterocycles. The molecule has 0 unspecified atom stereocenters. The van der Waals surface area contributed by atoms with Crippen LogP contribution in [0.5, 0.6) is 0 Å². The highest BCUT2D eigenvalue weighted by Crippen LogP contribution is 2.23. The van der Waals surface area contributed by atoms with E-state index in [0.717, 1.165) is 46.4 Å². The van der Waals surface area contributed by atoms with E-state index in [9.17, 15) is 0 Å². The monoisotopic (exact) mass is 290 g/mol. The topological polar surface area (TPSA) is 64.7 Å². The smallest absolute Gasteiger partial charge is 0.220 e. The Kier molecular flexibility index (Phi) is 3.83. The molecule has 22 heavy (non-hydrogen) atoms. The normalized spacial score (nSPS) is 10.8. The maximum Gasteiger partial charge on any atom is 0.220 e. The molecule has 0 radical (unpaired) electrons. The van der Waals surface area contributed by atoms with E-state index in [4.69, 9.17) is 10.7 Å². The number of hydrogen-bond donors (Lipinski definition) is 1. The lowest BCUT2D eigenvalue weighted by Gasteiger charge is -2.07. The summed E-state index contributed by atoms with van der Waals surface area (Å²) in [5.41, 5.74) is 11.4. The number of nitrogens with zero attached hydrogens (tertiary/aromatic N) is 3. The van der Waals surface area contributed by atoms with Gasteiger partial charge in [-0.25, -0.2) is 15.0 Å². The number of benzene rings is 1. The van der Waals surface area contributed by atoms with Crippen molar-refractivity contribution in [1.29, 1.82) is 0 Å². The van der Waals surface area contributed by atoms with Gasteiger partial charge >= 0.3 is 0 Å². The second-order valence-corrected chi connectivity index (χ2v) is 5.17. The second kappa shape index (κ2) is 5.93. The molecule has 0 amide bonds. The summed E-state index contributed by atoms with van der Waals surface area (Å²) in [6.07, 6.45) is 3.66. The Labute approximate surface area is 129 Å². The van der Waals surface area contributed by atoms with E-state index in [2.05, 4.69) is 23.5 Å². The van der Waals surface area contributed by atoms with Gasteiger partial charge in [0, 0.05) is 5.56 Å². The minimum Gasteiger partial charge on any atom is -0.368 e. The molecule has 0 aliphatic carbocycles. The van der Waals surface area contributed by atoms with Gasteiger partial charge in [0.25, 0.3) is 0 Å². The molecular weight excluding hydrogens is 272 g/mol. The lowest BCUT2D eigenvalue weighted by molar-refractivity contribution is 0.885. The van der Waals surface area contributed by atoms with Crippen LogP contribution in [0.2, 0.25) is 0 Å². The van der Waals surface area contributed by atoms with E-state index in [-0.39, 0.29) is 0 Å². The van der Waals surface area contributed by atoms with Gasteiger partial charge < -0.3 is 5.73 Å². The predicted octanol–water partition coefficient (Wildman–Crippen LogP) is 3.87. The highest BCUT2D eigenvalue weighted by Gasteiger charge is 2.09. The van der Waals surface area contributed by atoms with Gasteiger partial charge in [0.15, 0.2) is 0 Å². The summed E-state index contributed by atoms with van der Waals surface area (Å²) in [4.78, 5) is 13.4. The van der Waals surface area contributed by atoms with Gasteiger partial charge in [0.05, 0.1) is 16.9 Å². The Bertz CT molecular complexity index is 822. The molecule has 0 saturated heterocycles. The minimum absolute atomic E-state index is 0.306. The van der Waals surface area contributed by atoms with E-state index in [1.165, 1.54) is 0 Å². The van der Waals surface area contributed by atoms with Crippen molar-refractivity contribution in [3.8, 4) is 11.3 Å². The van der Waals surface area contributed by atoms with Crippen LogP contribution in [0.4, 0.5) is 5.95 Å². The Morgan fingerprint density at radius 2 is 1.82 bits per heavy atom. The van der Waals surface area contributed by atoms with E-state index < -0.39 is 0 Å². The quantitative estimate of drug-likeness (QED) is 0.792. The summed E-state index contributed by atoms with van der Waals surface area (Å²) < 4.78 is 0. The minimum atomic E-state index is 0.306. The first-order valence-electron chi connectivity index (χ1n) is 7.37. The van der Waals surface area contributed by atoms with E-state index in [0.29, 0.717) is 5.95 Å². The van der Waals surface area contributed by atoms with Gasteiger partial charge in [-0.2, -0.15) is 0 Å². The van der Waals surface area contributed by atoms with Crippen LogP contribution in [0, 0.1) is 0 Å². The molecule has 2 N–H and O–H groups in total.